The summed E-state index contributed by atoms with van der Waals surface area (Å²) in [5.41, 5.74) is 0. The van der Waals surface area contributed by atoms with Crippen LogP contribution in [0.2, 0.25) is 0 Å². The average molecular weight is 202 g/mol. The monoisotopic (exact) mass is 202 g/mol. The number of ether oxygens (including phenoxy) is 1. The molecule has 0 saturated heterocycles. The number of hydrogen-bond donors (Lipinski definition) is 2. The minimum absolute atomic E-state index is 0.0150. The Kier molecular flexibility index (Phi) is 2.86. The van der Waals surface area contributed by atoms with Crippen molar-refractivity contribution < 1.29 is 24.5 Å². The van der Waals surface area contributed by atoms with Crippen LogP contribution in [-0.2, 0) is 4.79 Å². The molecular weight excluding hydrogens is 196 g/mol. The predicted molar refractivity (Wildman–Crippen MR) is 44.4 cm³/mol. The highest BCUT2D eigenvalue weighted by Gasteiger charge is 2.13. The van der Waals surface area contributed by atoms with Gasteiger partial charge in [0.25, 0.3) is 0 Å². The van der Waals surface area contributed by atoms with Crippen molar-refractivity contribution in [2.24, 2.45) is 0 Å². The lowest BCUT2D eigenvalue weighted by Crippen LogP contribution is -2.10. The molecule has 5 nitrogen and oxygen atoms in total. The molecule has 1 aromatic heterocycles. The fourth-order valence-electron chi connectivity index (χ4n) is 0.707. The molecule has 0 radical (unpaired) electrons. The largest absolute Gasteiger partial charge is 0.480 e. The van der Waals surface area contributed by atoms with Gasteiger partial charge in [-0.15, -0.1) is 11.3 Å². The molecule has 0 spiro atoms. The van der Waals surface area contributed by atoms with Gasteiger partial charge >= 0.3 is 11.9 Å². The van der Waals surface area contributed by atoms with Gasteiger partial charge in [0.15, 0.2) is 11.5 Å². The van der Waals surface area contributed by atoms with E-state index < -0.39 is 18.5 Å². The van der Waals surface area contributed by atoms with E-state index in [1.165, 1.54) is 11.4 Å². The van der Waals surface area contributed by atoms with Gasteiger partial charge < -0.3 is 14.9 Å². The predicted octanol–water partition coefficient (Wildman–Crippen LogP) is 0.910. The molecule has 13 heavy (non-hydrogen) atoms. The van der Waals surface area contributed by atoms with Crippen molar-refractivity contribution in [3.63, 3.8) is 0 Å². The molecule has 0 aliphatic carbocycles. The van der Waals surface area contributed by atoms with Crippen LogP contribution in [0.25, 0.3) is 0 Å². The maximum atomic E-state index is 10.5. The zero-order chi connectivity index (χ0) is 9.84. The first-order valence-electron chi connectivity index (χ1n) is 3.26. The summed E-state index contributed by atoms with van der Waals surface area (Å²) < 4.78 is 4.73. The lowest BCUT2D eigenvalue weighted by Gasteiger charge is -2.00. The maximum absolute atomic E-state index is 10.5. The minimum atomic E-state index is -1.14. The molecule has 1 aromatic rings. The Labute approximate surface area is 77.2 Å². The van der Waals surface area contributed by atoms with E-state index in [4.69, 9.17) is 14.9 Å². The second kappa shape index (κ2) is 3.90. The van der Waals surface area contributed by atoms with Crippen LogP contribution in [0.3, 0.4) is 0 Å². The summed E-state index contributed by atoms with van der Waals surface area (Å²) in [4.78, 5) is 20.6. The topological polar surface area (TPSA) is 83.8 Å². The Morgan fingerprint density at radius 2 is 2.15 bits per heavy atom. The third-order valence-corrected chi connectivity index (χ3v) is 2.06. The van der Waals surface area contributed by atoms with Gasteiger partial charge in [0.1, 0.15) is 5.75 Å². The SMILES string of the molecule is O=C(O)COc1ccsc1C(=O)O. The van der Waals surface area contributed by atoms with E-state index >= 15 is 0 Å². The molecular formula is C7H6O5S. The van der Waals surface area contributed by atoms with Crippen molar-refractivity contribution in [3.8, 4) is 5.75 Å². The number of carboxylic acid groups (broad SMARTS) is 2. The normalized spacial score (nSPS) is 9.54. The van der Waals surface area contributed by atoms with Crippen molar-refractivity contribution in [1.29, 1.82) is 0 Å². The molecule has 0 aliphatic rings. The summed E-state index contributed by atoms with van der Waals surface area (Å²) in [6.07, 6.45) is 0. The summed E-state index contributed by atoms with van der Waals surface area (Å²) in [6.45, 7) is -0.531. The molecule has 0 fully saturated rings. The molecule has 2 N–H and O–H groups in total. The maximum Gasteiger partial charge on any atom is 0.349 e. The van der Waals surface area contributed by atoms with Crippen LogP contribution in [0.1, 0.15) is 9.67 Å². The van der Waals surface area contributed by atoms with E-state index in [0.29, 0.717) is 0 Å². The highest BCUT2D eigenvalue weighted by molar-refractivity contribution is 7.12. The second-order valence-corrected chi connectivity index (χ2v) is 3.02. The van der Waals surface area contributed by atoms with Crippen LogP contribution in [0.4, 0.5) is 0 Å². The van der Waals surface area contributed by atoms with Crippen molar-refractivity contribution in [3.05, 3.63) is 16.3 Å². The minimum Gasteiger partial charge on any atom is -0.480 e. The Morgan fingerprint density at radius 3 is 2.69 bits per heavy atom. The van der Waals surface area contributed by atoms with Crippen molar-refractivity contribution in [1.82, 2.24) is 0 Å². The summed E-state index contributed by atoms with van der Waals surface area (Å²) in [6, 6.07) is 1.43. The standard InChI is InChI=1S/C7H6O5S/c8-5(9)3-12-4-1-2-13-6(4)7(10)11/h1-2H,3H2,(H,8,9)(H,10,11). The van der Waals surface area contributed by atoms with Gasteiger partial charge in [-0.05, 0) is 11.4 Å². The quantitative estimate of drug-likeness (QED) is 0.758. The van der Waals surface area contributed by atoms with Crippen molar-refractivity contribution >= 4 is 23.3 Å². The van der Waals surface area contributed by atoms with Crippen LogP contribution in [0.15, 0.2) is 11.4 Å². The number of aromatic carboxylic acids is 1. The third-order valence-electron chi connectivity index (χ3n) is 1.17. The first kappa shape index (κ1) is 9.53. The molecule has 70 valence electrons. The number of thiophene rings is 1. The Bertz CT molecular complexity index is 329. The number of carboxylic acids is 2. The molecule has 1 heterocycles. The molecule has 6 heteroatoms. The Hall–Kier alpha value is -1.56. The van der Waals surface area contributed by atoms with Crippen LogP contribution in [-0.4, -0.2) is 28.8 Å². The number of aliphatic carboxylic acids is 1. The van der Waals surface area contributed by atoms with E-state index in [-0.39, 0.29) is 10.6 Å². The lowest BCUT2D eigenvalue weighted by atomic mass is 10.4. The van der Waals surface area contributed by atoms with E-state index in [2.05, 4.69) is 0 Å². The summed E-state index contributed by atoms with van der Waals surface area (Å²) in [7, 11) is 0. The molecule has 0 bridgehead atoms. The van der Waals surface area contributed by atoms with E-state index in [0.717, 1.165) is 11.3 Å². The van der Waals surface area contributed by atoms with Gasteiger partial charge in [-0.1, -0.05) is 0 Å². The van der Waals surface area contributed by atoms with Crippen LogP contribution < -0.4 is 4.74 Å². The molecule has 0 unspecified atom stereocenters. The van der Waals surface area contributed by atoms with Gasteiger partial charge in [0, 0.05) is 0 Å². The third kappa shape index (κ3) is 2.45. The summed E-state index contributed by atoms with van der Waals surface area (Å²) in [5, 5.41) is 18.4. The summed E-state index contributed by atoms with van der Waals surface area (Å²) in [5.74, 6) is -2.15. The molecule has 0 aromatic carbocycles. The van der Waals surface area contributed by atoms with Crippen molar-refractivity contribution in [2.45, 2.75) is 0 Å². The molecule has 0 atom stereocenters. The van der Waals surface area contributed by atoms with E-state index in [9.17, 15) is 9.59 Å². The van der Waals surface area contributed by atoms with Crippen LogP contribution >= 0.6 is 11.3 Å². The van der Waals surface area contributed by atoms with Gasteiger partial charge in [-0.3, -0.25) is 0 Å². The first-order valence-corrected chi connectivity index (χ1v) is 4.14. The first-order chi connectivity index (χ1) is 6.11. The highest BCUT2D eigenvalue weighted by Crippen LogP contribution is 2.24. The lowest BCUT2D eigenvalue weighted by molar-refractivity contribution is -0.139. The summed E-state index contributed by atoms with van der Waals surface area (Å²) >= 11 is 0.992. The zero-order valence-electron chi connectivity index (χ0n) is 6.39. The van der Waals surface area contributed by atoms with Gasteiger partial charge in [-0.25, -0.2) is 9.59 Å². The second-order valence-electron chi connectivity index (χ2n) is 2.10. The molecule has 0 aliphatic heterocycles. The number of carbonyl (C=O) groups is 2. The number of rotatable bonds is 4. The molecule has 0 amide bonds. The Balaban J connectivity index is 2.71. The van der Waals surface area contributed by atoms with Crippen LogP contribution in [0.5, 0.6) is 5.75 Å². The fraction of sp³-hybridized carbons (Fsp3) is 0.143. The van der Waals surface area contributed by atoms with Crippen LogP contribution in [0, 0.1) is 0 Å². The highest BCUT2D eigenvalue weighted by atomic mass is 32.1. The van der Waals surface area contributed by atoms with E-state index in [1.807, 2.05) is 0 Å². The fourth-order valence-corrected chi connectivity index (χ4v) is 1.38. The molecule has 0 saturated carbocycles. The molecule has 1 rings (SSSR count). The smallest absolute Gasteiger partial charge is 0.349 e. The van der Waals surface area contributed by atoms with Gasteiger partial charge in [0.2, 0.25) is 0 Å². The van der Waals surface area contributed by atoms with E-state index in [1.54, 1.807) is 0 Å². The Morgan fingerprint density at radius 1 is 1.46 bits per heavy atom. The zero-order valence-corrected chi connectivity index (χ0v) is 7.21. The van der Waals surface area contributed by atoms with Gasteiger partial charge in [-0.2, -0.15) is 0 Å². The average Bonchev–Trinajstić information content (AvgIpc) is 2.47. The van der Waals surface area contributed by atoms with Crippen molar-refractivity contribution in [2.75, 3.05) is 6.61 Å². The number of hydrogen-bond acceptors (Lipinski definition) is 4. The van der Waals surface area contributed by atoms with Gasteiger partial charge in [0.05, 0.1) is 0 Å².